The first kappa shape index (κ1) is 18.3. The van der Waals surface area contributed by atoms with Gasteiger partial charge in [0.25, 0.3) is 0 Å². The minimum absolute atomic E-state index is 0.220. The van der Waals surface area contributed by atoms with Crippen LogP contribution in [0.2, 0.25) is 0 Å². The van der Waals surface area contributed by atoms with E-state index in [0.717, 1.165) is 12.2 Å². The Balaban J connectivity index is 1.37. The number of anilines is 1. The predicted molar refractivity (Wildman–Crippen MR) is 103 cm³/mol. The average molecular weight is 354 g/mol. The van der Waals surface area contributed by atoms with Crippen molar-refractivity contribution in [1.29, 1.82) is 0 Å². The SMILES string of the molecule is O=C(NCCCOC1CCCC1)Nc1cccc(Oc2ccccc2)c1. The fraction of sp³-hybridized carbons (Fsp3) is 0.381. The fourth-order valence-corrected chi connectivity index (χ4v) is 3.02. The van der Waals surface area contributed by atoms with Crippen molar-refractivity contribution >= 4 is 11.7 Å². The van der Waals surface area contributed by atoms with Gasteiger partial charge < -0.3 is 20.1 Å². The van der Waals surface area contributed by atoms with Crippen molar-refractivity contribution < 1.29 is 14.3 Å². The molecule has 1 saturated carbocycles. The molecule has 5 heteroatoms. The van der Waals surface area contributed by atoms with Crippen LogP contribution in [0, 0.1) is 0 Å². The van der Waals surface area contributed by atoms with E-state index in [1.165, 1.54) is 25.7 Å². The Hall–Kier alpha value is -2.53. The van der Waals surface area contributed by atoms with E-state index in [9.17, 15) is 4.79 Å². The van der Waals surface area contributed by atoms with E-state index < -0.39 is 0 Å². The molecule has 3 rings (SSSR count). The van der Waals surface area contributed by atoms with Gasteiger partial charge in [-0.3, -0.25) is 0 Å². The highest BCUT2D eigenvalue weighted by Gasteiger charge is 2.14. The van der Waals surface area contributed by atoms with Gasteiger partial charge in [0.1, 0.15) is 11.5 Å². The molecule has 1 aliphatic rings. The van der Waals surface area contributed by atoms with E-state index in [0.29, 0.717) is 30.7 Å². The van der Waals surface area contributed by atoms with Gasteiger partial charge >= 0.3 is 6.03 Å². The molecular weight excluding hydrogens is 328 g/mol. The summed E-state index contributed by atoms with van der Waals surface area (Å²) >= 11 is 0. The Morgan fingerprint density at radius 2 is 1.77 bits per heavy atom. The van der Waals surface area contributed by atoms with Crippen molar-refractivity contribution in [3.05, 3.63) is 54.6 Å². The van der Waals surface area contributed by atoms with Crippen LogP contribution in [0.5, 0.6) is 11.5 Å². The molecule has 0 bridgehead atoms. The van der Waals surface area contributed by atoms with Crippen molar-refractivity contribution in [3.8, 4) is 11.5 Å². The summed E-state index contributed by atoms with van der Waals surface area (Å²) in [6.45, 7) is 1.30. The number of carbonyl (C=O) groups is 1. The van der Waals surface area contributed by atoms with Gasteiger partial charge in [-0.2, -0.15) is 0 Å². The molecule has 138 valence electrons. The van der Waals surface area contributed by atoms with E-state index in [1.54, 1.807) is 6.07 Å². The Morgan fingerprint density at radius 1 is 1.00 bits per heavy atom. The first-order valence-corrected chi connectivity index (χ1v) is 9.29. The summed E-state index contributed by atoms with van der Waals surface area (Å²) in [5.74, 6) is 1.44. The number of amides is 2. The number of rotatable bonds is 8. The van der Waals surface area contributed by atoms with E-state index >= 15 is 0 Å². The molecule has 0 spiro atoms. The third kappa shape index (κ3) is 6.08. The highest BCUT2D eigenvalue weighted by Crippen LogP contribution is 2.24. The summed E-state index contributed by atoms with van der Waals surface area (Å²) < 4.78 is 11.6. The number of urea groups is 1. The van der Waals surface area contributed by atoms with Crippen molar-refractivity contribution in [2.75, 3.05) is 18.5 Å². The Morgan fingerprint density at radius 3 is 2.58 bits per heavy atom. The third-order valence-corrected chi connectivity index (χ3v) is 4.33. The van der Waals surface area contributed by atoms with Gasteiger partial charge in [0.05, 0.1) is 6.10 Å². The van der Waals surface area contributed by atoms with Gasteiger partial charge in [0.15, 0.2) is 0 Å². The number of hydrogen-bond donors (Lipinski definition) is 2. The lowest BCUT2D eigenvalue weighted by Crippen LogP contribution is -2.30. The zero-order valence-corrected chi connectivity index (χ0v) is 14.9. The maximum Gasteiger partial charge on any atom is 0.319 e. The molecule has 0 unspecified atom stereocenters. The Kier molecular flexibility index (Phi) is 6.90. The van der Waals surface area contributed by atoms with Gasteiger partial charge in [-0.25, -0.2) is 4.79 Å². The molecule has 2 aromatic rings. The minimum atomic E-state index is -0.220. The standard InChI is InChI=1S/C21H26N2O3/c24-21(22-14-7-15-25-18-9-4-5-10-18)23-17-8-6-13-20(16-17)26-19-11-2-1-3-12-19/h1-3,6,8,11-13,16,18H,4-5,7,9-10,14-15H2,(H2,22,23,24). The number of carbonyl (C=O) groups excluding carboxylic acids is 1. The summed E-state index contributed by atoms with van der Waals surface area (Å²) in [5, 5.41) is 5.68. The van der Waals surface area contributed by atoms with Crippen molar-refractivity contribution in [2.45, 2.75) is 38.2 Å². The molecule has 1 aliphatic carbocycles. The van der Waals surface area contributed by atoms with Gasteiger partial charge in [-0.1, -0.05) is 37.1 Å². The van der Waals surface area contributed by atoms with E-state index in [4.69, 9.17) is 9.47 Å². The maximum atomic E-state index is 12.0. The number of hydrogen-bond acceptors (Lipinski definition) is 3. The van der Waals surface area contributed by atoms with E-state index in [1.807, 2.05) is 48.5 Å². The van der Waals surface area contributed by atoms with Crippen LogP contribution in [0.1, 0.15) is 32.1 Å². The van der Waals surface area contributed by atoms with Crippen molar-refractivity contribution in [2.24, 2.45) is 0 Å². The van der Waals surface area contributed by atoms with Crippen LogP contribution in [0.15, 0.2) is 54.6 Å². The molecule has 0 atom stereocenters. The molecule has 2 N–H and O–H groups in total. The molecule has 5 nitrogen and oxygen atoms in total. The molecule has 0 aromatic heterocycles. The lowest BCUT2D eigenvalue weighted by Gasteiger charge is -2.12. The summed E-state index contributed by atoms with van der Waals surface area (Å²) in [7, 11) is 0. The minimum Gasteiger partial charge on any atom is -0.457 e. The first-order valence-electron chi connectivity index (χ1n) is 9.29. The molecule has 2 amide bonds. The smallest absolute Gasteiger partial charge is 0.319 e. The normalized spacial score (nSPS) is 14.2. The molecule has 0 radical (unpaired) electrons. The van der Waals surface area contributed by atoms with Crippen LogP contribution < -0.4 is 15.4 Å². The molecule has 1 fully saturated rings. The molecule has 0 aliphatic heterocycles. The maximum absolute atomic E-state index is 12.0. The molecule has 0 heterocycles. The highest BCUT2D eigenvalue weighted by molar-refractivity contribution is 5.89. The summed E-state index contributed by atoms with van der Waals surface area (Å²) in [4.78, 5) is 12.0. The van der Waals surface area contributed by atoms with Crippen LogP contribution in [0.3, 0.4) is 0 Å². The molecule has 26 heavy (non-hydrogen) atoms. The largest absolute Gasteiger partial charge is 0.457 e. The lowest BCUT2D eigenvalue weighted by atomic mass is 10.3. The fourth-order valence-electron chi connectivity index (χ4n) is 3.02. The average Bonchev–Trinajstić information content (AvgIpc) is 3.16. The van der Waals surface area contributed by atoms with Crippen LogP contribution in [0.4, 0.5) is 10.5 Å². The Bertz CT molecular complexity index is 685. The molecule has 2 aromatic carbocycles. The van der Waals surface area contributed by atoms with Gasteiger partial charge in [-0.05, 0) is 43.5 Å². The quantitative estimate of drug-likeness (QED) is 0.660. The number of para-hydroxylation sites is 1. The van der Waals surface area contributed by atoms with Crippen LogP contribution in [-0.2, 0) is 4.74 Å². The van der Waals surface area contributed by atoms with Gasteiger partial charge in [0, 0.05) is 24.9 Å². The van der Waals surface area contributed by atoms with Crippen LogP contribution in [0.25, 0.3) is 0 Å². The molecular formula is C21H26N2O3. The van der Waals surface area contributed by atoms with Crippen LogP contribution >= 0.6 is 0 Å². The predicted octanol–water partition coefficient (Wildman–Crippen LogP) is 4.95. The second-order valence-electron chi connectivity index (χ2n) is 6.45. The topological polar surface area (TPSA) is 59.6 Å². The zero-order chi connectivity index (χ0) is 18.0. The first-order chi connectivity index (χ1) is 12.8. The number of nitrogens with one attached hydrogen (secondary N) is 2. The van der Waals surface area contributed by atoms with E-state index in [2.05, 4.69) is 10.6 Å². The second-order valence-corrected chi connectivity index (χ2v) is 6.45. The third-order valence-electron chi connectivity index (χ3n) is 4.33. The lowest BCUT2D eigenvalue weighted by molar-refractivity contribution is 0.0572. The van der Waals surface area contributed by atoms with Gasteiger partial charge in [-0.15, -0.1) is 0 Å². The monoisotopic (exact) mass is 354 g/mol. The summed E-state index contributed by atoms with van der Waals surface area (Å²) in [6, 6.07) is 16.7. The van der Waals surface area contributed by atoms with Crippen molar-refractivity contribution in [1.82, 2.24) is 5.32 Å². The summed E-state index contributed by atoms with van der Waals surface area (Å²) in [6.07, 6.45) is 6.15. The summed E-state index contributed by atoms with van der Waals surface area (Å²) in [5.41, 5.74) is 0.693. The number of ether oxygens (including phenoxy) is 2. The van der Waals surface area contributed by atoms with Crippen LogP contribution in [-0.4, -0.2) is 25.3 Å². The molecule has 0 saturated heterocycles. The van der Waals surface area contributed by atoms with Crippen molar-refractivity contribution in [3.63, 3.8) is 0 Å². The van der Waals surface area contributed by atoms with E-state index in [-0.39, 0.29) is 6.03 Å². The number of benzene rings is 2. The zero-order valence-electron chi connectivity index (χ0n) is 14.9. The highest BCUT2D eigenvalue weighted by atomic mass is 16.5. The second kappa shape index (κ2) is 9.82. The Labute approximate surface area is 154 Å². The van der Waals surface area contributed by atoms with Gasteiger partial charge in [0.2, 0.25) is 0 Å².